The smallest absolute Gasteiger partial charge is 0.241 e. The van der Waals surface area contributed by atoms with Crippen LogP contribution in [-0.4, -0.2) is 46.5 Å². The van der Waals surface area contributed by atoms with Crippen molar-refractivity contribution < 1.29 is 14.4 Å². The Morgan fingerprint density at radius 2 is 2.14 bits per heavy atom. The van der Waals surface area contributed by atoms with Gasteiger partial charge in [0.25, 0.3) is 0 Å². The van der Waals surface area contributed by atoms with Gasteiger partial charge in [0.15, 0.2) is 0 Å². The fourth-order valence-electron chi connectivity index (χ4n) is 2.63. The molecule has 1 aliphatic rings. The molecule has 1 aromatic heterocycles. The van der Waals surface area contributed by atoms with Gasteiger partial charge in [-0.3, -0.25) is 4.90 Å². The first-order chi connectivity index (χ1) is 10.7. The lowest BCUT2D eigenvalue weighted by Gasteiger charge is -2.33. The number of aliphatic hydroxyl groups is 1. The van der Waals surface area contributed by atoms with Gasteiger partial charge in [0.05, 0.1) is 19.8 Å². The number of hydrogen-bond donors (Lipinski definition) is 1. The molecule has 6 nitrogen and oxygen atoms in total. The lowest BCUT2D eigenvalue weighted by atomic mass is 9.96. The van der Waals surface area contributed by atoms with E-state index < -0.39 is 0 Å². The highest BCUT2D eigenvalue weighted by Crippen LogP contribution is 2.21. The van der Waals surface area contributed by atoms with Crippen LogP contribution in [0.4, 0.5) is 0 Å². The standard InChI is InChI=1S/C16H21N3O3/c1-11-7-8-19(9-14(11)20)10-15-17-16(18-22-15)12-3-5-13(21-2)6-4-12/h3-6,11,14,20H,7-10H2,1-2H3. The van der Waals surface area contributed by atoms with Crippen molar-refractivity contribution in [2.45, 2.75) is 26.0 Å². The van der Waals surface area contributed by atoms with Crippen molar-refractivity contribution in [1.29, 1.82) is 0 Å². The van der Waals surface area contributed by atoms with Crippen LogP contribution < -0.4 is 4.74 Å². The van der Waals surface area contributed by atoms with Crippen molar-refractivity contribution in [1.82, 2.24) is 15.0 Å². The van der Waals surface area contributed by atoms with Crippen LogP contribution in [0.5, 0.6) is 5.75 Å². The number of nitrogens with zero attached hydrogens (tertiary/aromatic N) is 3. The maximum Gasteiger partial charge on any atom is 0.241 e. The second kappa shape index (κ2) is 6.46. The second-order valence-electron chi connectivity index (χ2n) is 5.81. The minimum absolute atomic E-state index is 0.280. The molecule has 0 radical (unpaired) electrons. The number of methoxy groups -OCH3 is 1. The number of benzene rings is 1. The van der Waals surface area contributed by atoms with Crippen molar-refractivity contribution in [3.8, 4) is 17.1 Å². The molecule has 2 atom stereocenters. The van der Waals surface area contributed by atoms with Gasteiger partial charge in [-0.2, -0.15) is 4.98 Å². The molecule has 22 heavy (non-hydrogen) atoms. The van der Waals surface area contributed by atoms with E-state index in [1.54, 1.807) is 7.11 Å². The molecule has 1 N–H and O–H groups in total. The van der Waals surface area contributed by atoms with E-state index in [9.17, 15) is 5.11 Å². The molecule has 1 fully saturated rings. The summed E-state index contributed by atoms with van der Waals surface area (Å²) in [7, 11) is 1.63. The van der Waals surface area contributed by atoms with Gasteiger partial charge in [-0.1, -0.05) is 12.1 Å². The molecule has 0 aliphatic carbocycles. The topological polar surface area (TPSA) is 71.6 Å². The summed E-state index contributed by atoms with van der Waals surface area (Å²) in [6.45, 7) is 4.25. The van der Waals surface area contributed by atoms with Crippen LogP contribution in [0.1, 0.15) is 19.2 Å². The van der Waals surface area contributed by atoms with Crippen LogP contribution in [0.25, 0.3) is 11.4 Å². The van der Waals surface area contributed by atoms with Gasteiger partial charge in [0.2, 0.25) is 11.7 Å². The molecule has 2 heterocycles. The lowest BCUT2D eigenvalue weighted by molar-refractivity contribution is 0.0220. The van der Waals surface area contributed by atoms with Crippen molar-refractivity contribution in [2.75, 3.05) is 20.2 Å². The predicted molar refractivity (Wildman–Crippen MR) is 81.4 cm³/mol. The number of aromatic nitrogens is 2. The Balaban J connectivity index is 1.65. The van der Waals surface area contributed by atoms with Crippen LogP contribution in [0.2, 0.25) is 0 Å². The van der Waals surface area contributed by atoms with Crippen molar-refractivity contribution in [2.24, 2.45) is 5.92 Å². The van der Waals surface area contributed by atoms with Crippen LogP contribution >= 0.6 is 0 Å². The monoisotopic (exact) mass is 303 g/mol. The third kappa shape index (κ3) is 3.28. The third-order valence-electron chi connectivity index (χ3n) is 4.18. The fraction of sp³-hybridized carbons (Fsp3) is 0.500. The Morgan fingerprint density at radius 3 is 2.82 bits per heavy atom. The molecule has 1 saturated heterocycles. The van der Waals surface area contributed by atoms with E-state index in [0.717, 1.165) is 24.3 Å². The molecule has 2 unspecified atom stereocenters. The van der Waals surface area contributed by atoms with E-state index >= 15 is 0 Å². The molecule has 0 saturated carbocycles. The predicted octanol–water partition coefficient (Wildman–Crippen LogP) is 1.95. The fourth-order valence-corrected chi connectivity index (χ4v) is 2.63. The van der Waals surface area contributed by atoms with Gasteiger partial charge in [-0.25, -0.2) is 0 Å². The summed E-state index contributed by atoms with van der Waals surface area (Å²) in [6.07, 6.45) is 0.707. The summed E-state index contributed by atoms with van der Waals surface area (Å²) in [5.74, 6) is 2.30. The second-order valence-corrected chi connectivity index (χ2v) is 5.81. The zero-order valence-corrected chi connectivity index (χ0v) is 12.9. The van der Waals surface area contributed by atoms with Gasteiger partial charge < -0.3 is 14.4 Å². The Kier molecular flexibility index (Phi) is 4.40. The first-order valence-corrected chi connectivity index (χ1v) is 7.53. The van der Waals surface area contributed by atoms with Crippen LogP contribution in [0, 0.1) is 5.92 Å². The van der Waals surface area contributed by atoms with E-state index in [-0.39, 0.29) is 6.10 Å². The summed E-state index contributed by atoms with van der Waals surface area (Å²) in [5.41, 5.74) is 0.892. The van der Waals surface area contributed by atoms with Crippen molar-refractivity contribution in [3.63, 3.8) is 0 Å². The first-order valence-electron chi connectivity index (χ1n) is 7.53. The van der Waals surface area contributed by atoms with Gasteiger partial charge in [-0.05, 0) is 43.1 Å². The van der Waals surface area contributed by atoms with Gasteiger partial charge in [0, 0.05) is 12.1 Å². The number of piperidine rings is 1. The molecule has 0 spiro atoms. The quantitative estimate of drug-likeness (QED) is 0.931. The summed E-state index contributed by atoms with van der Waals surface area (Å²) in [6, 6.07) is 7.54. The first kappa shape index (κ1) is 15.0. The van der Waals surface area contributed by atoms with E-state index in [1.807, 2.05) is 24.3 Å². The number of rotatable bonds is 4. The average molecular weight is 303 g/mol. The summed E-state index contributed by atoms with van der Waals surface area (Å²) < 4.78 is 10.5. The van der Waals surface area contributed by atoms with Crippen LogP contribution in [0.15, 0.2) is 28.8 Å². The Labute approximate surface area is 129 Å². The minimum Gasteiger partial charge on any atom is -0.497 e. The molecule has 2 aromatic rings. The molecule has 3 rings (SSSR count). The zero-order chi connectivity index (χ0) is 15.5. The van der Waals surface area contributed by atoms with E-state index in [2.05, 4.69) is 22.0 Å². The lowest BCUT2D eigenvalue weighted by Crippen LogP contribution is -2.42. The molecule has 1 aromatic carbocycles. The zero-order valence-electron chi connectivity index (χ0n) is 12.9. The van der Waals surface area contributed by atoms with Crippen molar-refractivity contribution >= 4 is 0 Å². The normalized spacial score (nSPS) is 22.7. The molecule has 6 heteroatoms. The maximum atomic E-state index is 9.94. The summed E-state index contributed by atoms with van der Waals surface area (Å²) >= 11 is 0. The third-order valence-corrected chi connectivity index (χ3v) is 4.18. The molecule has 1 aliphatic heterocycles. The molecule has 118 valence electrons. The Bertz CT molecular complexity index is 611. The summed E-state index contributed by atoms with van der Waals surface area (Å²) in [5, 5.41) is 14.0. The van der Waals surface area contributed by atoms with E-state index in [4.69, 9.17) is 9.26 Å². The number of ether oxygens (including phenoxy) is 1. The minimum atomic E-state index is -0.280. The Morgan fingerprint density at radius 1 is 1.36 bits per heavy atom. The van der Waals surface area contributed by atoms with E-state index in [1.165, 1.54) is 0 Å². The number of aliphatic hydroxyl groups excluding tert-OH is 1. The van der Waals surface area contributed by atoms with Crippen LogP contribution in [0.3, 0.4) is 0 Å². The van der Waals surface area contributed by atoms with Crippen molar-refractivity contribution in [3.05, 3.63) is 30.2 Å². The maximum absolute atomic E-state index is 9.94. The highest BCUT2D eigenvalue weighted by Gasteiger charge is 2.25. The highest BCUT2D eigenvalue weighted by atomic mass is 16.5. The molecular weight excluding hydrogens is 282 g/mol. The van der Waals surface area contributed by atoms with Gasteiger partial charge in [-0.15, -0.1) is 0 Å². The van der Waals surface area contributed by atoms with Gasteiger partial charge in [0.1, 0.15) is 5.75 Å². The number of hydrogen-bond acceptors (Lipinski definition) is 6. The van der Waals surface area contributed by atoms with Gasteiger partial charge >= 0.3 is 0 Å². The summed E-state index contributed by atoms with van der Waals surface area (Å²) in [4.78, 5) is 6.58. The average Bonchev–Trinajstić information content (AvgIpc) is 2.99. The number of β-amino-alcohol motifs (C(OH)–C–C–N with tert-alkyl or cyclic N) is 1. The highest BCUT2D eigenvalue weighted by molar-refractivity contribution is 5.55. The van der Waals surface area contributed by atoms with E-state index in [0.29, 0.717) is 30.7 Å². The largest absolute Gasteiger partial charge is 0.497 e. The molecular formula is C16H21N3O3. The van der Waals surface area contributed by atoms with Crippen LogP contribution in [-0.2, 0) is 6.54 Å². The molecule has 0 bridgehead atoms. The Hall–Kier alpha value is -1.92. The molecule has 0 amide bonds. The SMILES string of the molecule is COc1ccc(-c2noc(CN3CCC(C)C(O)C3)n2)cc1. The number of likely N-dealkylation sites (tertiary alicyclic amines) is 1.